The second kappa shape index (κ2) is 13.0. The number of benzene rings is 4. The minimum Gasteiger partial charge on any atom is -0.493 e. The number of ether oxygens (including phenoxy) is 2. The average molecular weight is 707 g/mol. The second-order valence-corrected chi connectivity index (χ2v) is 13.5. The van der Waals surface area contributed by atoms with E-state index in [-0.39, 0.29) is 23.5 Å². The Labute approximate surface area is 288 Å². The fraction of sp³-hybridized carbons (Fsp3) is 0.256. The fourth-order valence-electron chi connectivity index (χ4n) is 7.20. The molecule has 3 heterocycles. The lowest BCUT2D eigenvalue weighted by molar-refractivity contribution is -0.122. The monoisotopic (exact) mass is 705 g/mol. The zero-order chi connectivity index (χ0) is 33.5. The van der Waals surface area contributed by atoms with Gasteiger partial charge >= 0.3 is 6.03 Å². The summed E-state index contributed by atoms with van der Waals surface area (Å²) in [6.45, 7) is 5.67. The molecule has 7 rings (SSSR count). The Kier molecular flexibility index (Phi) is 8.56. The number of amides is 4. The number of halogens is 1. The van der Waals surface area contributed by atoms with E-state index in [4.69, 9.17) is 9.47 Å². The Morgan fingerprint density at radius 2 is 1.44 bits per heavy atom. The molecule has 4 aromatic rings. The number of nitrogens with one attached hydrogen (secondary N) is 1. The van der Waals surface area contributed by atoms with Gasteiger partial charge in [0.2, 0.25) is 0 Å². The number of methoxy groups -OCH3 is 1. The van der Waals surface area contributed by atoms with E-state index in [2.05, 4.69) is 50.4 Å². The lowest BCUT2D eigenvalue weighted by atomic mass is 9.76. The normalized spacial score (nSPS) is 19.8. The molecule has 0 aliphatic carbocycles. The number of carbonyl (C=O) groups excluding carboxylic acids is 3. The van der Waals surface area contributed by atoms with Crippen LogP contribution in [0.25, 0.3) is 6.08 Å². The maximum atomic E-state index is 14.2. The summed E-state index contributed by atoms with van der Waals surface area (Å²) in [6, 6.07) is 27.4. The minimum absolute atomic E-state index is 0.0849. The first-order valence-electron chi connectivity index (χ1n) is 16.2. The summed E-state index contributed by atoms with van der Waals surface area (Å²) in [4.78, 5) is 44.6. The molecule has 0 radical (unpaired) electrons. The summed E-state index contributed by atoms with van der Waals surface area (Å²) in [5, 5.41) is 2.42. The zero-order valence-corrected chi connectivity index (χ0v) is 28.6. The lowest BCUT2D eigenvalue weighted by Crippen LogP contribution is -2.54. The van der Waals surface area contributed by atoms with E-state index >= 15 is 0 Å². The molecule has 0 bridgehead atoms. The van der Waals surface area contributed by atoms with E-state index in [0.717, 1.165) is 42.0 Å². The third-order valence-electron chi connectivity index (χ3n) is 9.28. The van der Waals surface area contributed by atoms with Gasteiger partial charge in [-0.2, -0.15) is 0 Å². The van der Waals surface area contributed by atoms with Crippen LogP contribution in [0, 0.1) is 0 Å². The van der Waals surface area contributed by atoms with Crippen molar-refractivity contribution in [1.29, 1.82) is 0 Å². The van der Waals surface area contributed by atoms with E-state index < -0.39 is 17.8 Å². The summed E-state index contributed by atoms with van der Waals surface area (Å²) in [7, 11) is 1.53. The third kappa shape index (κ3) is 5.76. The molecule has 0 unspecified atom stereocenters. The minimum atomic E-state index is -0.773. The number of hydrogen-bond donors (Lipinski definition) is 1. The number of rotatable bonds is 7. The fourth-order valence-corrected chi connectivity index (χ4v) is 7.75. The lowest BCUT2D eigenvalue weighted by Gasteiger charge is -2.44. The Bertz CT molecular complexity index is 1870. The first-order valence-corrected chi connectivity index (χ1v) is 17.0. The Morgan fingerprint density at radius 1 is 0.854 bits per heavy atom. The van der Waals surface area contributed by atoms with E-state index in [9.17, 15) is 14.4 Å². The van der Waals surface area contributed by atoms with Crippen molar-refractivity contribution in [2.75, 3.05) is 30.0 Å². The van der Waals surface area contributed by atoms with Gasteiger partial charge in [0.15, 0.2) is 11.5 Å². The molecule has 0 saturated carbocycles. The maximum absolute atomic E-state index is 14.2. The molecule has 2 atom stereocenters. The Morgan fingerprint density at radius 3 is 1.98 bits per heavy atom. The SMILES string of the molecule is COc1cc(/C=C2\C(=O)NC(=O)N(c3cc4c5c(c3)[C@@H](c3ccccc3)CCN5CC[C@@H]4c3ccccc3)C2=O)cc(Br)c1OC(C)C. The molecular weight excluding hydrogens is 670 g/mol. The molecule has 1 fully saturated rings. The van der Waals surface area contributed by atoms with Crippen molar-refractivity contribution in [3.8, 4) is 11.5 Å². The highest BCUT2D eigenvalue weighted by molar-refractivity contribution is 9.10. The molecule has 1 N–H and O–H groups in total. The number of imide groups is 2. The van der Waals surface area contributed by atoms with Gasteiger partial charge in [0.1, 0.15) is 5.57 Å². The summed E-state index contributed by atoms with van der Waals surface area (Å²) in [5.41, 5.74) is 6.53. The molecule has 3 aliphatic rings. The number of anilines is 2. The van der Waals surface area contributed by atoms with Crippen molar-refractivity contribution >= 4 is 51.2 Å². The predicted octanol–water partition coefficient (Wildman–Crippen LogP) is 7.79. The first kappa shape index (κ1) is 31.7. The van der Waals surface area contributed by atoms with E-state index in [1.807, 2.05) is 62.4 Å². The van der Waals surface area contributed by atoms with Gasteiger partial charge < -0.3 is 14.4 Å². The first-order chi connectivity index (χ1) is 23.2. The van der Waals surface area contributed by atoms with E-state index in [1.165, 1.54) is 30.0 Å². The van der Waals surface area contributed by atoms with Crippen LogP contribution < -0.4 is 24.6 Å². The second-order valence-electron chi connectivity index (χ2n) is 12.6. The third-order valence-corrected chi connectivity index (χ3v) is 9.87. The van der Waals surface area contributed by atoms with Crippen LogP contribution in [0.1, 0.15) is 66.3 Å². The van der Waals surface area contributed by atoms with Gasteiger partial charge in [-0.1, -0.05) is 60.7 Å². The van der Waals surface area contributed by atoms with Gasteiger partial charge in [0.25, 0.3) is 11.8 Å². The van der Waals surface area contributed by atoms with Crippen LogP contribution in [0.5, 0.6) is 11.5 Å². The number of barbiturate groups is 1. The van der Waals surface area contributed by atoms with Crippen LogP contribution in [-0.4, -0.2) is 44.1 Å². The zero-order valence-electron chi connectivity index (χ0n) is 27.0. The van der Waals surface area contributed by atoms with Gasteiger partial charge in [-0.25, -0.2) is 9.69 Å². The van der Waals surface area contributed by atoms with Crippen LogP contribution in [0.15, 0.2) is 95.0 Å². The molecule has 4 aromatic carbocycles. The number of nitrogens with zero attached hydrogens (tertiary/aromatic N) is 2. The summed E-state index contributed by atoms with van der Waals surface area (Å²) >= 11 is 3.54. The van der Waals surface area contributed by atoms with Gasteiger partial charge in [-0.05, 0) is 101 Å². The van der Waals surface area contributed by atoms with Crippen LogP contribution in [0.2, 0.25) is 0 Å². The van der Waals surface area contributed by atoms with Crippen molar-refractivity contribution < 1.29 is 23.9 Å². The molecule has 0 aromatic heterocycles. The number of hydrogen-bond acceptors (Lipinski definition) is 6. The summed E-state index contributed by atoms with van der Waals surface area (Å²) < 4.78 is 12.1. The molecule has 4 amide bonds. The highest BCUT2D eigenvalue weighted by Crippen LogP contribution is 2.50. The predicted molar refractivity (Wildman–Crippen MR) is 190 cm³/mol. The standard InChI is InChI=1S/C39H36BrN3O5/c1-23(2)48-36-33(40)19-24(20-34(36)47-3)18-32-37(44)41-39(46)43(38(32)45)27-21-30-28(25-10-6-4-7-11-25)14-16-42-17-15-29(31(22-27)35(30)42)26-12-8-5-9-13-26/h4-13,18-23,28-29H,14-17H2,1-3H3,(H,41,44,46)/b32-18+/t28-,29-/m1/s1. The Balaban J connectivity index is 1.35. The largest absolute Gasteiger partial charge is 0.493 e. The van der Waals surface area contributed by atoms with Crippen molar-refractivity contribution in [3.05, 3.63) is 123 Å². The van der Waals surface area contributed by atoms with Crippen molar-refractivity contribution in [2.24, 2.45) is 0 Å². The molecule has 0 spiro atoms. The number of urea groups is 1. The van der Waals surface area contributed by atoms with Crippen molar-refractivity contribution in [2.45, 2.75) is 44.6 Å². The van der Waals surface area contributed by atoms with E-state index in [0.29, 0.717) is 27.2 Å². The van der Waals surface area contributed by atoms with Crippen LogP contribution >= 0.6 is 15.9 Å². The van der Waals surface area contributed by atoms with Crippen LogP contribution in [0.4, 0.5) is 16.2 Å². The highest BCUT2D eigenvalue weighted by Gasteiger charge is 2.40. The van der Waals surface area contributed by atoms with Gasteiger partial charge in [0, 0.05) is 30.6 Å². The highest BCUT2D eigenvalue weighted by atomic mass is 79.9. The van der Waals surface area contributed by atoms with Crippen molar-refractivity contribution in [3.63, 3.8) is 0 Å². The smallest absolute Gasteiger partial charge is 0.335 e. The topological polar surface area (TPSA) is 88.2 Å². The van der Waals surface area contributed by atoms with Gasteiger partial charge in [-0.15, -0.1) is 0 Å². The quantitative estimate of drug-likeness (QED) is 0.156. The maximum Gasteiger partial charge on any atom is 0.335 e. The summed E-state index contributed by atoms with van der Waals surface area (Å²) in [5.74, 6) is -0.316. The molecule has 244 valence electrons. The van der Waals surface area contributed by atoms with Crippen LogP contribution in [-0.2, 0) is 9.59 Å². The van der Waals surface area contributed by atoms with Gasteiger partial charge in [0.05, 0.1) is 23.4 Å². The van der Waals surface area contributed by atoms with Crippen LogP contribution in [0.3, 0.4) is 0 Å². The average Bonchev–Trinajstić information content (AvgIpc) is 3.08. The van der Waals surface area contributed by atoms with E-state index in [1.54, 1.807) is 12.1 Å². The molecule has 9 heteroatoms. The Hall–Kier alpha value is -4.89. The molecule has 48 heavy (non-hydrogen) atoms. The molecule has 1 saturated heterocycles. The van der Waals surface area contributed by atoms with Crippen molar-refractivity contribution in [1.82, 2.24) is 5.32 Å². The number of carbonyl (C=O) groups is 3. The molecule has 3 aliphatic heterocycles. The summed E-state index contributed by atoms with van der Waals surface area (Å²) in [6.07, 6.45) is 3.20. The molecular formula is C39H36BrN3O5. The van der Waals surface area contributed by atoms with Gasteiger partial charge in [-0.3, -0.25) is 14.9 Å². The molecule has 8 nitrogen and oxygen atoms in total.